The Morgan fingerprint density at radius 1 is 1.43 bits per heavy atom. The van der Waals surface area contributed by atoms with Crippen LogP contribution in [0.4, 0.5) is 0 Å². The van der Waals surface area contributed by atoms with Crippen molar-refractivity contribution < 1.29 is 9.59 Å². The number of carbonyl (C=O) groups is 2. The minimum absolute atomic E-state index is 0.0688. The number of nitrogens with zero attached hydrogens (tertiary/aromatic N) is 1. The van der Waals surface area contributed by atoms with Gasteiger partial charge in [-0.1, -0.05) is 0 Å². The molecule has 0 aliphatic heterocycles. The molecule has 0 spiro atoms. The molecule has 0 saturated heterocycles. The molecule has 1 aromatic heterocycles. The number of ketones is 1. The Hall–Kier alpha value is -0.991. The summed E-state index contributed by atoms with van der Waals surface area (Å²) in [6, 6.07) is 5.28. The third-order valence-corrected chi connectivity index (χ3v) is 3.41. The van der Waals surface area contributed by atoms with Gasteiger partial charge >= 0.3 is 88.7 Å². The molecule has 0 fully saturated rings. The molecule has 0 saturated carbocycles. The van der Waals surface area contributed by atoms with Crippen LogP contribution in [-0.4, -0.2) is 30.4 Å². The molecule has 1 heterocycles. The summed E-state index contributed by atoms with van der Waals surface area (Å²) in [6.07, 6.45) is 2.10. The first-order chi connectivity index (χ1) is 6.70. The molecule has 0 aliphatic carbocycles. The van der Waals surface area contributed by atoms with Gasteiger partial charge in [-0.2, -0.15) is 0 Å². The van der Waals surface area contributed by atoms with E-state index in [0.29, 0.717) is 17.4 Å². The number of rotatable bonds is 5. The van der Waals surface area contributed by atoms with E-state index in [1.165, 1.54) is 0 Å². The molecular formula is C10H11NO2Se. The molecule has 0 aromatic carbocycles. The van der Waals surface area contributed by atoms with Crippen LogP contribution in [0.15, 0.2) is 24.4 Å². The monoisotopic (exact) mass is 257 g/mol. The molecule has 3 nitrogen and oxygen atoms in total. The molecular weight excluding hydrogens is 245 g/mol. The van der Waals surface area contributed by atoms with Gasteiger partial charge in [0.05, 0.1) is 0 Å². The van der Waals surface area contributed by atoms with Crippen LogP contribution in [0, 0.1) is 0 Å². The number of Topliss-reactive ketones (excluding diaryl/α,β-unsaturated/α-hetero) is 1. The van der Waals surface area contributed by atoms with Crippen molar-refractivity contribution in [2.75, 3.05) is 0 Å². The van der Waals surface area contributed by atoms with Crippen LogP contribution in [0.1, 0.15) is 23.8 Å². The van der Waals surface area contributed by atoms with E-state index >= 15 is 0 Å². The first kappa shape index (κ1) is 11.1. The van der Waals surface area contributed by atoms with Crippen molar-refractivity contribution in [3.8, 4) is 0 Å². The zero-order valence-electron chi connectivity index (χ0n) is 7.90. The predicted molar refractivity (Wildman–Crippen MR) is 54.4 cm³/mol. The first-order valence-electron chi connectivity index (χ1n) is 4.28. The van der Waals surface area contributed by atoms with E-state index in [-0.39, 0.29) is 25.4 Å². The van der Waals surface area contributed by atoms with Crippen LogP contribution in [0.25, 0.3) is 0 Å². The molecule has 1 rings (SSSR count). The van der Waals surface area contributed by atoms with Crippen molar-refractivity contribution in [3.05, 3.63) is 30.1 Å². The molecule has 0 bridgehead atoms. The Kier molecular flexibility index (Phi) is 4.50. The van der Waals surface area contributed by atoms with Gasteiger partial charge in [-0.05, 0) is 0 Å². The third-order valence-electron chi connectivity index (χ3n) is 1.56. The van der Waals surface area contributed by atoms with Gasteiger partial charge in [-0.15, -0.1) is 0 Å². The fraction of sp³-hybridized carbons (Fsp3) is 0.300. The van der Waals surface area contributed by atoms with E-state index in [9.17, 15) is 9.59 Å². The number of hydrogen-bond acceptors (Lipinski definition) is 3. The van der Waals surface area contributed by atoms with E-state index in [1.54, 1.807) is 31.3 Å². The van der Waals surface area contributed by atoms with Crippen molar-refractivity contribution >= 4 is 25.4 Å². The molecule has 14 heavy (non-hydrogen) atoms. The Balaban J connectivity index is 2.40. The van der Waals surface area contributed by atoms with E-state index in [1.807, 2.05) is 0 Å². The van der Waals surface area contributed by atoms with Gasteiger partial charge in [-0.3, -0.25) is 0 Å². The zero-order chi connectivity index (χ0) is 10.4. The Bertz CT molecular complexity index is 324. The van der Waals surface area contributed by atoms with E-state index < -0.39 is 0 Å². The molecule has 0 unspecified atom stereocenters. The van der Waals surface area contributed by atoms with Crippen LogP contribution in [0.3, 0.4) is 0 Å². The van der Waals surface area contributed by atoms with Gasteiger partial charge in [-0.25, -0.2) is 0 Å². The second-order valence-corrected chi connectivity index (χ2v) is 5.04. The number of aromatic nitrogens is 1. The summed E-state index contributed by atoms with van der Waals surface area (Å²) in [5, 5.41) is 0.678. The average Bonchev–Trinajstić information content (AvgIpc) is 2.18. The standard InChI is InChI=1S/C10H11NO2Se/c1-8(12)5-7-14-10(13)9-4-2-3-6-11-9/h2-4,6H,5,7H2,1H3. The quantitative estimate of drug-likeness (QED) is 0.746. The van der Waals surface area contributed by atoms with E-state index in [4.69, 9.17) is 0 Å². The number of hydrogen-bond donors (Lipinski definition) is 0. The van der Waals surface area contributed by atoms with Crippen molar-refractivity contribution in [2.24, 2.45) is 0 Å². The summed E-state index contributed by atoms with van der Waals surface area (Å²) in [7, 11) is 0. The van der Waals surface area contributed by atoms with E-state index in [0.717, 1.165) is 0 Å². The second-order valence-electron chi connectivity index (χ2n) is 2.80. The summed E-state index contributed by atoms with van der Waals surface area (Å²) >= 11 is -0.153. The Labute approximate surface area is 89.1 Å². The van der Waals surface area contributed by atoms with Gasteiger partial charge in [0.15, 0.2) is 0 Å². The molecule has 74 valence electrons. The molecule has 0 radical (unpaired) electrons. The van der Waals surface area contributed by atoms with Crippen molar-refractivity contribution in [1.29, 1.82) is 0 Å². The summed E-state index contributed by atoms with van der Waals surface area (Å²) in [5.41, 5.74) is 0.510. The fourth-order valence-corrected chi connectivity index (χ4v) is 2.61. The summed E-state index contributed by atoms with van der Waals surface area (Å²) < 4.78 is 0.0688. The maximum atomic E-state index is 11.5. The molecule has 0 amide bonds. The van der Waals surface area contributed by atoms with Crippen LogP contribution in [0.2, 0.25) is 5.32 Å². The number of carbonyl (C=O) groups excluding carboxylic acids is 2. The van der Waals surface area contributed by atoms with Crippen LogP contribution in [-0.2, 0) is 4.79 Å². The predicted octanol–water partition coefficient (Wildman–Crippen LogP) is 1.32. The van der Waals surface area contributed by atoms with Crippen molar-refractivity contribution in [2.45, 2.75) is 18.7 Å². The van der Waals surface area contributed by atoms with Crippen LogP contribution in [0.5, 0.6) is 0 Å². The normalized spacial score (nSPS) is 9.79. The Morgan fingerprint density at radius 3 is 2.79 bits per heavy atom. The van der Waals surface area contributed by atoms with Crippen molar-refractivity contribution in [3.63, 3.8) is 0 Å². The van der Waals surface area contributed by atoms with Crippen molar-refractivity contribution in [1.82, 2.24) is 4.98 Å². The first-order valence-corrected chi connectivity index (χ1v) is 6.34. The zero-order valence-corrected chi connectivity index (χ0v) is 9.61. The third kappa shape index (κ3) is 3.81. The summed E-state index contributed by atoms with van der Waals surface area (Å²) in [6.45, 7) is 1.54. The Morgan fingerprint density at radius 2 is 2.21 bits per heavy atom. The van der Waals surface area contributed by atoms with Crippen LogP contribution < -0.4 is 0 Å². The molecule has 1 aromatic rings. The SMILES string of the molecule is CC(=O)CC[Se]C(=O)c1ccccn1. The fourth-order valence-electron chi connectivity index (χ4n) is 0.845. The average molecular weight is 256 g/mol. The molecule has 0 atom stereocenters. The van der Waals surface area contributed by atoms with Gasteiger partial charge in [0.2, 0.25) is 0 Å². The van der Waals surface area contributed by atoms with Gasteiger partial charge in [0, 0.05) is 0 Å². The van der Waals surface area contributed by atoms with Gasteiger partial charge in [0.25, 0.3) is 0 Å². The number of pyridine rings is 1. The molecule has 0 aliphatic rings. The topological polar surface area (TPSA) is 47.0 Å². The minimum atomic E-state index is -0.153. The molecule has 0 N–H and O–H groups in total. The summed E-state index contributed by atoms with van der Waals surface area (Å²) in [4.78, 5) is 26.1. The maximum absolute atomic E-state index is 11.5. The second kappa shape index (κ2) is 5.68. The summed E-state index contributed by atoms with van der Waals surface area (Å²) in [5.74, 6) is 0.140. The van der Waals surface area contributed by atoms with E-state index in [2.05, 4.69) is 4.98 Å². The molecule has 4 heteroatoms. The van der Waals surface area contributed by atoms with Gasteiger partial charge in [0.1, 0.15) is 0 Å². The van der Waals surface area contributed by atoms with Crippen LogP contribution >= 0.6 is 0 Å². The van der Waals surface area contributed by atoms with Gasteiger partial charge < -0.3 is 0 Å².